The smallest absolute Gasteiger partial charge is 0.416 e. The maximum absolute atomic E-state index is 13.2. The Bertz CT molecular complexity index is 1650. The van der Waals surface area contributed by atoms with Gasteiger partial charge in [-0.05, 0) is 59.2 Å². The van der Waals surface area contributed by atoms with Gasteiger partial charge in [-0.3, -0.25) is 9.69 Å². The molecule has 8 nitrogen and oxygen atoms in total. The van der Waals surface area contributed by atoms with Crippen LogP contribution in [0.4, 0.5) is 24.5 Å². The number of amides is 1. The molecule has 46 heavy (non-hydrogen) atoms. The number of carbonyl (C=O) groups excluding carboxylic acids is 3. The van der Waals surface area contributed by atoms with Gasteiger partial charge in [-0.2, -0.15) is 13.2 Å². The number of benzene rings is 4. The molecule has 1 saturated heterocycles. The molecule has 238 valence electrons. The van der Waals surface area contributed by atoms with E-state index in [1.807, 2.05) is 47.4 Å². The Balaban J connectivity index is 1.22. The van der Waals surface area contributed by atoms with Gasteiger partial charge >= 0.3 is 18.1 Å². The van der Waals surface area contributed by atoms with Crippen LogP contribution in [0.1, 0.15) is 27.5 Å². The molecule has 1 atom stereocenters. The first kappa shape index (κ1) is 32.2. The second-order valence-corrected chi connectivity index (χ2v) is 10.6. The van der Waals surface area contributed by atoms with E-state index in [0.717, 1.165) is 23.4 Å². The van der Waals surface area contributed by atoms with E-state index in [1.165, 1.54) is 19.2 Å². The minimum Gasteiger partial charge on any atom is -0.466 e. The van der Waals surface area contributed by atoms with Crippen molar-refractivity contribution >= 4 is 29.2 Å². The number of halogens is 3. The van der Waals surface area contributed by atoms with Crippen molar-refractivity contribution in [1.29, 1.82) is 0 Å². The van der Waals surface area contributed by atoms with Crippen molar-refractivity contribution in [3.63, 3.8) is 0 Å². The lowest BCUT2D eigenvalue weighted by Crippen LogP contribution is -2.49. The molecular weight excluding hydrogens is 599 g/mol. The van der Waals surface area contributed by atoms with E-state index in [1.54, 1.807) is 36.4 Å². The number of esters is 2. The number of nitrogens with one attached hydrogen (secondary N) is 1. The van der Waals surface area contributed by atoms with Crippen LogP contribution >= 0.6 is 0 Å². The highest BCUT2D eigenvalue weighted by molar-refractivity contribution is 6.08. The summed E-state index contributed by atoms with van der Waals surface area (Å²) in [5.41, 5.74) is 2.87. The van der Waals surface area contributed by atoms with Gasteiger partial charge in [0.15, 0.2) is 6.61 Å². The summed E-state index contributed by atoms with van der Waals surface area (Å²) >= 11 is 0. The summed E-state index contributed by atoms with van der Waals surface area (Å²) in [6.07, 6.45) is -4.44. The number of carbonyl (C=O) groups is 3. The average molecular weight is 632 g/mol. The van der Waals surface area contributed by atoms with Crippen LogP contribution in [0.5, 0.6) is 0 Å². The van der Waals surface area contributed by atoms with Crippen LogP contribution in [-0.2, 0) is 25.2 Å². The van der Waals surface area contributed by atoms with Crippen molar-refractivity contribution in [2.24, 2.45) is 0 Å². The van der Waals surface area contributed by atoms with Crippen molar-refractivity contribution in [2.45, 2.75) is 12.2 Å². The van der Waals surface area contributed by atoms with Gasteiger partial charge in [-0.1, -0.05) is 60.7 Å². The molecule has 0 spiro atoms. The molecule has 1 aliphatic rings. The molecule has 1 N–H and O–H groups in total. The highest BCUT2D eigenvalue weighted by atomic mass is 19.4. The van der Waals surface area contributed by atoms with E-state index in [2.05, 4.69) is 15.0 Å². The number of hydrogen-bond donors (Lipinski definition) is 1. The summed E-state index contributed by atoms with van der Waals surface area (Å²) in [5, 5.41) is 2.88. The zero-order valence-corrected chi connectivity index (χ0v) is 25.0. The Morgan fingerprint density at radius 1 is 0.804 bits per heavy atom. The van der Waals surface area contributed by atoms with Gasteiger partial charge in [0.1, 0.15) is 6.04 Å². The Morgan fingerprint density at radius 2 is 1.43 bits per heavy atom. The van der Waals surface area contributed by atoms with Crippen molar-refractivity contribution in [2.75, 3.05) is 50.1 Å². The SMILES string of the molecule is COC(=O)COC(=O)C(c1ccccc1)N1CCN(c2ccc(NC(=O)c3ccccc3-c3ccc(C(F)(F)F)cc3)cc2)CC1. The third-order valence-corrected chi connectivity index (χ3v) is 7.76. The van der Waals surface area contributed by atoms with E-state index < -0.39 is 36.3 Å². The predicted molar refractivity (Wildman–Crippen MR) is 167 cm³/mol. The molecular formula is C35H32F3N3O5. The molecule has 0 aliphatic carbocycles. The highest BCUT2D eigenvalue weighted by Gasteiger charge is 2.32. The fraction of sp³-hybridized carbons (Fsp3) is 0.229. The molecule has 1 aliphatic heterocycles. The summed E-state index contributed by atoms with van der Waals surface area (Å²) < 4.78 is 48.9. The number of rotatable bonds is 9. The van der Waals surface area contributed by atoms with Crippen molar-refractivity contribution in [3.8, 4) is 11.1 Å². The average Bonchev–Trinajstić information content (AvgIpc) is 3.08. The summed E-state index contributed by atoms with van der Waals surface area (Å²) in [7, 11) is 1.23. The molecule has 4 aromatic carbocycles. The number of anilines is 2. The Hall–Kier alpha value is -5.16. The zero-order valence-electron chi connectivity index (χ0n) is 25.0. The Kier molecular flexibility index (Phi) is 10.0. The molecule has 1 amide bonds. The lowest BCUT2D eigenvalue weighted by molar-refractivity contribution is -0.161. The van der Waals surface area contributed by atoms with Crippen LogP contribution in [0.2, 0.25) is 0 Å². The summed E-state index contributed by atoms with van der Waals surface area (Å²) in [6, 6.07) is 27.4. The quantitative estimate of drug-likeness (QED) is 0.220. The van der Waals surface area contributed by atoms with Crippen LogP contribution in [0.15, 0.2) is 103 Å². The second kappa shape index (κ2) is 14.3. The normalized spacial score (nSPS) is 14.3. The second-order valence-electron chi connectivity index (χ2n) is 10.6. The molecule has 4 aromatic rings. The third kappa shape index (κ3) is 7.73. The molecule has 0 saturated carbocycles. The summed E-state index contributed by atoms with van der Waals surface area (Å²) in [6.45, 7) is 1.92. The minimum atomic E-state index is -4.44. The van der Waals surface area contributed by atoms with Gasteiger partial charge < -0.3 is 19.7 Å². The van der Waals surface area contributed by atoms with Crippen LogP contribution in [0, 0.1) is 0 Å². The molecule has 1 heterocycles. The first-order valence-electron chi connectivity index (χ1n) is 14.6. The van der Waals surface area contributed by atoms with Gasteiger partial charge in [0.05, 0.1) is 12.7 Å². The number of methoxy groups -OCH3 is 1. The number of alkyl halides is 3. The molecule has 11 heteroatoms. The number of nitrogens with zero attached hydrogens (tertiary/aromatic N) is 2. The van der Waals surface area contributed by atoms with Crippen LogP contribution in [0.3, 0.4) is 0 Å². The van der Waals surface area contributed by atoms with Crippen LogP contribution in [0.25, 0.3) is 11.1 Å². The standard InChI is InChI=1S/C35H32F3N3O5/c1-45-31(42)23-46-34(44)32(25-7-3-2-4-8-25)41-21-19-40(20-22-41)28-17-15-27(16-18-28)39-33(43)30-10-6-5-9-29(30)24-11-13-26(14-12-24)35(36,37)38/h2-18,32H,19-23H2,1H3,(H,39,43). The number of hydrogen-bond acceptors (Lipinski definition) is 7. The van der Waals surface area contributed by atoms with E-state index in [-0.39, 0.29) is 5.91 Å². The fourth-order valence-electron chi connectivity index (χ4n) is 5.36. The molecule has 1 unspecified atom stereocenters. The topological polar surface area (TPSA) is 88.2 Å². The van der Waals surface area contributed by atoms with Gasteiger partial charge in [-0.15, -0.1) is 0 Å². The van der Waals surface area contributed by atoms with Crippen LogP contribution in [-0.4, -0.2) is 62.6 Å². The first-order chi connectivity index (χ1) is 22.1. The minimum absolute atomic E-state index is 0.334. The van der Waals surface area contributed by atoms with Crippen molar-refractivity contribution < 1.29 is 37.0 Å². The van der Waals surface area contributed by atoms with E-state index >= 15 is 0 Å². The molecule has 0 bridgehead atoms. The van der Waals surface area contributed by atoms with Gasteiger partial charge in [0.2, 0.25) is 0 Å². The van der Waals surface area contributed by atoms with E-state index in [9.17, 15) is 27.6 Å². The first-order valence-corrected chi connectivity index (χ1v) is 14.6. The highest BCUT2D eigenvalue weighted by Crippen LogP contribution is 2.32. The van der Waals surface area contributed by atoms with E-state index in [4.69, 9.17) is 4.74 Å². The largest absolute Gasteiger partial charge is 0.466 e. The summed E-state index contributed by atoms with van der Waals surface area (Å²) in [5.74, 6) is -1.54. The predicted octanol–water partition coefficient (Wildman–Crippen LogP) is 6.20. The van der Waals surface area contributed by atoms with Crippen LogP contribution < -0.4 is 10.2 Å². The number of ether oxygens (including phenoxy) is 2. The third-order valence-electron chi connectivity index (χ3n) is 7.76. The maximum Gasteiger partial charge on any atom is 0.416 e. The Labute approximate surface area is 264 Å². The monoisotopic (exact) mass is 631 g/mol. The molecule has 5 rings (SSSR count). The molecule has 0 aromatic heterocycles. The van der Waals surface area contributed by atoms with Crippen molar-refractivity contribution in [1.82, 2.24) is 4.90 Å². The zero-order chi connectivity index (χ0) is 32.7. The lowest BCUT2D eigenvalue weighted by Gasteiger charge is -2.39. The lowest BCUT2D eigenvalue weighted by atomic mass is 9.98. The maximum atomic E-state index is 13.2. The van der Waals surface area contributed by atoms with E-state index in [0.29, 0.717) is 48.6 Å². The fourth-order valence-corrected chi connectivity index (χ4v) is 5.36. The van der Waals surface area contributed by atoms with Gasteiger partial charge in [0, 0.05) is 43.1 Å². The van der Waals surface area contributed by atoms with Crippen molar-refractivity contribution in [3.05, 3.63) is 120 Å². The summed E-state index contributed by atoms with van der Waals surface area (Å²) in [4.78, 5) is 42.0. The Morgan fingerprint density at radius 3 is 2.07 bits per heavy atom. The van der Waals surface area contributed by atoms with Gasteiger partial charge in [0.25, 0.3) is 5.91 Å². The number of piperazine rings is 1. The van der Waals surface area contributed by atoms with Gasteiger partial charge in [-0.25, -0.2) is 9.59 Å². The molecule has 1 fully saturated rings. The molecule has 0 radical (unpaired) electrons.